The van der Waals surface area contributed by atoms with Crippen LogP contribution >= 0.6 is 22.6 Å². The molecule has 1 amide bonds. The number of pyridine rings is 1. The normalized spacial score (nSPS) is 15.7. The van der Waals surface area contributed by atoms with E-state index in [1.165, 1.54) is 0 Å². The molecule has 1 aliphatic heterocycles. The van der Waals surface area contributed by atoms with E-state index in [0.717, 1.165) is 14.8 Å². The largest absolute Gasteiger partial charge is 0.297 e. The van der Waals surface area contributed by atoms with E-state index in [-0.39, 0.29) is 5.91 Å². The topological polar surface area (TPSA) is 57.0 Å². The lowest BCUT2D eigenvalue weighted by molar-refractivity contribution is 0.0982. The third kappa shape index (κ3) is 2.10. The molecular weight excluding hydrogens is 377 g/mol. The molecule has 0 bridgehead atoms. The molecule has 3 rings (SSSR count). The van der Waals surface area contributed by atoms with Crippen molar-refractivity contribution in [3.63, 3.8) is 0 Å². The highest BCUT2D eigenvalue weighted by atomic mass is 127. The summed E-state index contributed by atoms with van der Waals surface area (Å²) in [5.74, 6) is -0.0525. The number of hydrogen-bond donors (Lipinski definition) is 0. The summed E-state index contributed by atoms with van der Waals surface area (Å²) in [6.45, 7) is 3.97. The summed E-state index contributed by atoms with van der Waals surface area (Å²) in [5, 5.41) is 9.06. The van der Waals surface area contributed by atoms with Gasteiger partial charge in [-0.1, -0.05) is 0 Å². The van der Waals surface area contributed by atoms with Crippen molar-refractivity contribution in [2.75, 3.05) is 4.90 Å². The van der Waals surface area contributed by atoms with Gasteiger partial charge in [-0.05, 0) is 66.3 Å². The molecule has 104 valence electrons. The molecule has 0 fully saturated rings. The van der Waals surface area contributed by atoms with Crippen molar-refractivity contribution in [3.8, 4) is 6.07 Å². The first kappa shape index (κ1) is 14.0. The van der Waals surface area contributed by atoms with Gasteiger partial charge in [-0.15, -0.1) is 0 Å². The molecule has 0 radical (unpaired) electrons. The highest BCUT2D eigenvalue weighted by Crippen LogP contribution is 2.42. The van der Waals surface area contributed by atoms with Gasteiger partial charge in [0.2, 0.25) is 0 Å². The van der Waals surface area contributed by atoms with Crippen LogP contribution in [0.25, 0.3) is 0 Å². The van der Waals surface area contributed by atoms with Crippen LogP contribution < -0.4 is 4.90 Å². The van der Waals surface area contributed by atoms with Crippen LogP contribution in [0, 0.1) is 14.9 Å². The second-order valence-electron chi connectivity index (χ2n) is 5.43. The fourth-order valence-electron chi connectivity index (χ4n) is 2.76. The van der Waals surface area contributed by atoms with Gasteiger partial charge in [0.1, 0.15) is 0 Å². The first-order valence-corrected chi connectivity index (χ1v) is 7.53. The molecule has 0 N–H and O–H groups in total. The van der Waals surface area contributed by atoms with Crippen molar-refractivity contribution in [1.82, 2.24) is 4.98 Å². The maximum atomic E-state index is 12.7. The molecule has 0 aliphatic carbocycles. The second kappa shape index (κ2) is 4.81. The fourth-order valence-corrected chi connectivity index (χ4v) is 3.24. The van der Waals surface area contributed by atoms with Crippen molar-refractivity contribution >= 4 is 34.2 Å². The molecule has 1 aromatic heterocycles. The number of rotatable bonds is 1. The first-order chi connectivity index (χ1) is 9.95. The number of fused-ring (bicyclic) bond motifs is 1. The van der Waals surface area contributed by atoms with Crippen molar-refractivity contribution in [2.45, 2.75) is 19.4 Å². The molecule has 4 nitrogen and oxygen atoms in total. The molecule has 2 heterocycles. The van der Waals surface area contributed by atoms with E-state index in [4.69, 9.17) is 5.26 Å². The predicted molar refractivity (Wildman–Crippen MR) is 87.9 cm³/mol. The Kier molecular flexibility index (Phi) is 3.21. The van der Waals surface area contributed by atoms with E-state index in [1.54, 1.807) is 35.5 Å². The minimum atomic E-state index is -0.509. The first-order valence-electron chi connectivity index (χ1n) is 6.45. The smallest absolute Gasteiger partial charge is 0.259 e. The van der Waals surface area contributed by atoms with E-state index < -0.39 is 5.54 Å². The number of carbonyl (C=O) groups is 1. The van der Waals surface area contributed by atoms with Crippen LogP contribution in [0.3, 0.4) is 0 Å². The Hall–Kier alpha value is -1.94. The summed E-state index contributed by atoms with van der Waals surface area (Å²) >= 11 is 2.18. The molecule has 1 aromatic carbocycles. The van der Waals surface area contributed by atoms with Crippen LogP contribution in [0.5, 0.6) is 0 Å². The Labute approximate surface area is 136 Å². The van der Waals surface area contributed by atoms with Crippen LogP contribution in [0.1, 0.15) is 35.3 Å². The maximum absolute atomic E-state index is 12.7. The Balaban J connectivity index is 2.18. The molecule has 0 unspecified atom stereocenters. The van der Waals surface area contributed by atoms with Crippen LogP contribution in [0.4, 0.5) is 5.69 Å². The van der Waals surface area contributed by atoms with Gasteiger partial charge in [0.15, 0.2) is 0 Å². The summed E-state index contributed by atoms with van der Waals surface area (Å²) < 4.78 is 0.974. The standard InChI is InChI=1S/C16H12IN3O/c1-16(2)14-5-10(7-18)3-4-13(14)15(21)20(16)12-6-11(17)8-19-9-12/h3-6,8-9H,1-2H3. The Morgan fingerprint density at radius 2 is 2.05 bits per heavy atom. The summed E-state index contributed by atoms with van der Waals surface area (Å²) in [6, 6.07) is 9.28. The highest BCUT2D eigenvalue weighted by molar-refractivity contribution is 14.1. The van der Waals surface area contributed by atoms with Crippen molar-refractivity contribution < 1.29 is 4.79 Å². The summed E-state index contributed by atoms with van der Waals surface area (Å²) in [6.07, 6.45) is 3.44. The Morgan fingerprint density at radius 1 is 1.29 bits per heavy atom. The number of anilines is 1. The number of halogens is 1. The van der Waals surface area contributed by atoms with Gasteiger partial charge in [0, 0.05) is 15.3 Å². The zero-order valence-corrected chi connectivity index (χ0v) is 13.7. The quantitative estimate of drug-likeness (QED) is 0.702. The Bertz CT molecular complexity index is 792. The number of carbonyl (C=O) groups excluding carboxylic acids is 1. The Morgan fingerprint density at radius 3 is 2.71 bits per heavy atom. The second-order valence-corrected chi connectivity index (χ2v) is 6.68. The van der Waals surface area contributed by atoms with E-state index in [0.29, 0.717) is 11.1 Å². The highest BCUT2D eigenvalue weighted by Gasteiger charge is 2.44. The average Bonchev–Trinajstić information content (AvgIpc) is 2.65. The lowest BCUT2D eigenvalue weighted by Gasteiger charge is -2.32. The van der Waals surface area contributed by atoms with Gasteiger partial charge in [-0.2, -0.15) is 5.26 Å². The maximum Gasteiger partial charge on any atom is 0.259 e. The van der Waals surface area contributed by atoms with Crippen molar-refractivity contribution in [2.24, 2.45) is 0 Å². The van der Waals surface area contributed by atoms with Crippen LogP contribution in [-0.2, 0) is 5.54 Å². The van der Waals surface area contributed by atoms with Gasteiger partial charge >= 0.3 is 0 Å². The monoisotopic (exact) mass is 389 g/mol. The molecule has 0 atom stereocenters. The molecule has 0 saturated heterocycles. The third-order valence-corrected chi connectivity index (χ3v) is 4.34. The number of nitrogens with zero attached hydrogens (tertiary/aromatic N) is 3. The minimum absolute atomic E-state index is 0.0525. The molecule has 5 heteroatoms. The summed E-state index contributed by atoms with van der Waals surface area (Å²) in [4.78, 5) is 18.7. The molecule has 0 saturated carbocycles. The lowest BCUT2D eigenvalue weighted by Crippen LogP contribution is -2.39. The van der Waals surface area contributed by atoms with Gasteiger partial charge in [-0.25, -0.2) is 0 Å². The van der Waals surface area contributed by atoms with Crippen molar-refractivity contribution in [1.29, 1.82) is 5.26 Å². The third-order valence-electron chi connectivity index (χ3n) is 3.75. The van der Waals surface area contributed by atoms with E-state index in [9.17, 15) is 4.79 Å². The van der Waals surface area contributed by atoms with Crippen LogP contribution in [0.2, 0.25) is 0 Å². The van der Waals surface area contributed by atoms with Crippen molar-refractivity contribution in [3.05, 3.63) is 56.9 Å². The summed E-state index contributed by atoms with van der Waals surface area (Å²) in [7, 11) is 0. The molecule has 2 aromatic rings. The minimum Gasteiger partial charge on any atom is -0.297 e. The molecular formula is C16H12IN3O. The van der Waals surface area contributed by atoms with Gasteiger partial charge < -0.3 is 0 Å². The lowest BCUT2D eigenvalue weighted by atomic mass is 9.92. The molecule has 0 spiro atoms. The van der Waals surface area contributed by atoms with E-state index >= 15 is 0 Å². The number of aromatic nitrogens is 1. The SMILES string of the molecule is CC1(C)c2cc(C#N)ccc2C(=O)N1c1cncc(I)c1. The van der Waals surface area contributed by atoms with E-state index in [2.05, 4.69) is 33.6 Å². The zero-order chi connectivity index (χ0) is 15.2. The summed E-state index contributed by atoms with van der Waals surface area (Å²) in [5.41, 5.74) is 2.36. The van der Waals surface area contributed by atoms with Gasteiger partial charge in [-0.3, -0.25) is 14.7 Å². The zero-order valence-electron chi connectivity index (χ0n) is 11.6. The fraction of sp³-hybridized carbons (Fsp3) is 0.188. The predicted octanol–water partition coefficient (Wildman–Crippen LogP) is 3.45. The van der Waals surface area contributed by atoms with Crippen LogP contribution in [-0.4, -0.2) is 10.9 Å². The van der Waals surface area contributed by atoms with Gasteiger partial charge in [0.25, 0.3) is 5.91 Å². The number of benzene rings is 1. The number of nitriles is 1. The molecule has 1 aliphatic rings. The average molecular weight is 389 g/mol. The van der Waals surface area contributed by atoms with E-state index in [1.807, 2.05) is 19.9 Å². The van der Waals surface area contributed by atoms with Crippen LogP contribution in [0.15, 0.2) is 36.7 Å². The number of hydrogen-bond acceptors (Lipinski definition) is 3. The van der Waals surface area contributed by atoms with Gasteiger partial charge in [0.05, 0.1) is 29.1 Å². The number of amides is 1. The molecule has 21 heavy (non-hydrogen) atoms.